The largest absolute Gasteiger partial charge is 0.506 e. The van der Waals surface area contributed by atoms with E-state index in [9.17, 15) is 14.7 Å². The molecule has 1 atom stereocenters. The number of aromatic amines is 1. The number of carbonyl (C=O) groups is 1. The van der Waals surface area contributed by atoms with Crippen LogP contribution < -0.4 is 10.9 Å². The minimum absolute atomic E-state index is 0.325. The van der Waals surface area contributed by atoms with Gasteiger partial charge in [0.05, 0.1) is 5.69 Å². The Bertz CT molecular complexity index is 1110. The van der Waals surface area contributed by atoms with Crippen molar-refractivity contribution < 1.29 is 15.0 Å². The second-order valence-electron chi connectivity index (χ2n) is 7.14. The highest BCUT2D eigenvalue weighted by atomic mass is 16.4. The molecular weight excluding hydrogens is 358 g/mol. The Hall–Kier alpha value is -3.06. The predicted octanol–water partition coefficient (Wildman–Crippen LogP) is 3.13. The Labute approximate surface area is 162 Å². The molecule has 4 N–H and O–H groups in total. The van der Waals surface area contributed by atoms with Gasteiger partial charge in [-0.2, -0.15) is 0 Å². The van der Waals surface area contributed by atoms with Gasteiger partial charge >= 0.3 is 5.97 Å². The van der Waals surface area contributed by atoms with E-state index in [4.69, 9.17) is 5.11 Å². The van der Waals surface area contributed by atoms with E-state index in [0.717, 1.165) is 29.6 Å². The molecule has 1 aromatic carbocycles. The first-order chi connectivity index (χ1) is 13.2. The number of fused-ring (bicyclic) bond motifs is 1. The number of carboxylic acid groups (broad SMARTS) is 1. The summed E-state index contributed by atoms with van der Waals surface area (Å²) in [5, 5.41) is 23.8. The van der Waals surface area contributed by atoms with E-state index in [-0.39, 0.29) is 0 Å². The number of rotatable bonds is 6. The van der Waals surface area contributed by atoms with Crippen LogP contribution >= 0.6 is 0 Å². The van der Waals surface area contributed by atoms with Gasteiger partial charge in [0.1, 0.15) is 5.75 Å². The number of hydrogen-bond acceptors (Lipinski definition) is 4. The van der Waals surface area contributed by atoms with Gasteiger partial charge in [-0.15, -0.1) is 0 Å². The molecule has 0 aliphatic carbocycles. The minimum Gasteiger partial charge on any atom is -0.506 e. The van der Waals surface area contributed by atoms with Crippen LogP contribution in [-0.2, 0) is 13.6 Å². The lowest BCUT2D eigenvalue weighted by molar-refractivity contribution is 0.0691. The maximum Gasteiger partial charge on any atom is 0.345 e. The molecule has 1 unspecified atom stereocenters. The zero-order valence-electron chi connectivity index (χ0n) is 16.5. The van der Waals surface area contributed by atoms with Crippen molar-refractivity contribution in [2.24, 2.45) is 7.05 Å². The van der Waals surface area contributed by atoms with Gasteiger partial charge in [-0.25, -0.2) is 4.79 Å². The number of H-pyrrole nitrogens is 1. The van der Waals surface area contributed by atoms with Gasteiger partial charge in [0, 0.05) is 41.8 Å². The monoisotopic (exact) mass is 383 g/mol. The molecular formula is C21H25N3O4. The molecule has 0 saturated heterocycles. The molecule has 7 nitrogen and oxygen atoms in total. The normalized spacial score (nSPS) is 12.4. The van der Waals surface area contributed by atoms with Crippen molar-refractivity contribution >= 4 is 16.9 Å². The lowest BCUT2D eigenvalue weighted by Gasteiger charge is -2.12. The summed E-state index contributed by atoms with van der Waals surface area (Å²) < 4.78 is 2.12. The zero-order valence-corrected chi connectivity index (χ0v) is 16.5. The van der Waals surface area contributed by atoms with E-state index in [0.29, 0.717) is 22.9 Å². The number of carboxylic acids is 1. The summed E-state index contributed by atoms with van der Waals surface area (Å²) in [4.78, 5) is 25.9. The summed E-state index contributed by atoms with van der Waals surface area (Å²) in [6.45, 7) is 6.62. The Kier molecular flexibility index (Phi) is 5.29. The summed E-state index contributed by atoms with van der Waals surface area (Å²) in [6, 6.07) is 8.26. The van der Waals surface area contributed by atoms with Crippen molar-refractivity contribution in [1.29, 1.82) is 0 Å². The highest BCUT2D eigenvalue weighted by Crippen LogP contribution is 2.31. The van der Waals surface area contributed by atoms with E-state index in [1.807, 2.05) is 25.2 Å². The summed E-state index contributed by atoms with van der Waals surface area (Å²) in [6.07, 6.45) is 1.05. The molecule has 148 valence electrons. The molecule has 0 fully saturated rings. The first-order valence-corrected chi connectivity index (χ1v) is 9.25. The summed E-state index contributed by atoms with van der Waals surface area (Å²) in [7, 11) is 2.01. The third kappa shape index (κ3) is 3.41. The topological polar surface area (TPSA) is 107 Å². The van der Waals surface area contributed by atoms with Crippen molar-refractivity contribution in [3.63, 3.8) is 0 Å². The van der Waals surface area contributed by atoms with Crippen LogP contribution in [0.25, 0.3) is 22.2 Å². The number of benzene rings is 1. The molecule has 2 heterocycles. The molecule has 0 radical (unpaired) electrons. The second kappa shape index (κ2) is 7.52. The van der Waals surface area contributed by atoms with Gasteiger partial charge < -0.3 is 25.1 Å². The number of aromatic carboxylic acids is 1. The Morgan fingerprint density at radius 3 is 2.68 bits per heavy atom. The average Bonchev–Trinajstić information content (AvgIpc) is 2.97. The third-order valence-corrected chi connectivity index (χ3v) is 5.32. The lowest BCUT2D eigenvalue weighted by atomic mass is 10.0. The number of nitrogens with zero attached hydrogens (tertiary/aromatic N) is 1. The molecule has 0 amide bonds. The molecule has 3 aromatic rings. The molecule has 3 rings (SSSR count). The van der Waals surface area contributed by atoms with Crippen molar-refractivity contribution in [1.82, 2.24) is 14.9 Å². The van der Waals surface area contributed by atoms with Crippen LogP contribution in [0.2, 0.25) is 0 Å². The van der Waals surface area contributed by atoms with Crippen LogP contribution in [0.15, 0.2) is 29.1 Å². The van der Waals surface area contributed by atoms with E-state index in [1.54, 1.807) is 6.92 Å². The van der Waals surface area contributed by atoms with Crippen LogP contribution in [0.5, 0.6) is 5.75 Å². The van der Waals surface area contributed by atoms with Gasteiger partial charge in [0.15, 0.2) is 5.56 Å². The minimum atomic E-state index is -1.45. The number of aromatic nitrogens is 2. The zero-order chi connectivity index (χ0) is 20.6. The fourth-order valence-corrected chi connectivity index (χ4v) is 3.33. The van der Waals surface area contributed by atoms with Crippen molar-refractivity contribution in [3.05, 3.63) is 51.4 Å². The lowest BCUT2D eigenvalue weighted by Crippen LogP contribution is -2.25. The summed E-state index contributed by atoms with van der Waals surface area (Å²) >= 11 is 0. The molecule has 0 aliphatic rings. The molecule has 0 spiro atoms. The molecule has 7 heteroatoms. The number of hydrogen-bond donors (Lipinski definition) is 4. The van der Waals surface area contributed by atoms with Crippen molar-refractivity contribution in [2.75, 3.05) is 0 Å². The van der Waals surface area contributed by atoms with Gasteiger partial charge in [-0.1, -0.05) is 13.0 Å². The second-order valence-corrected chi connectivity index (χ2v) is 7.14. The SMILES string of the molecule is CCC(C)NCc1cc2cc(-c3[nH]c(=O)c(C(=O)O)c(O)c3C)ccc2n1C. The fraction of sp³-hybridized carbons (Fsp3) is 0.333. The number of aryl methyl sites for hydroxylation is 1. The highest BCUT2D eigenvalue weighted by Gasteiger charge is 2.20. The maximum atomic E-state index is 12.1. The molecule has 2 aromatic heterocycles. The molecule has 0 aliphatic heterocycles. The van der Waals surface area contributed by atoms with Crippen LogP contribution in [0.3, 0.4) is 0 Å². The van der Waals surface area contributed by atoms with Crippen LogP contribution in [0.4, 0.5) is 0 Å². The van der Waals surface area contributed by atoms with Gasteiger partial charge in [-0.3, -0.25) is 4.79 Å². The number of pyridine rings is 1. The summed E-state index contributed by atoms with van der Waals surface area (Å²) in [5.41, 5.74) is 2.18. The molecule has 0 bridgehead atoms. The fourth-order valence-electron chi connectivity index (χ4n) is 3.33. The van der Waals surface area contributed by atoms with Crippen LogP contribution in [-0.4, -0.2) is 31.8 Å². The van der Waals surface area contributed by atoms with Gasteiger partial charge in [0.2, 0.25) is 0 Å². The third-order valence-electron chi connectivity index (χ3n) is 5.32. The van der Waals surface area contributed by atoms with Crippen LogP contribution in [0.1, 0.15) is 41.9 Å². The standard InChI is InChI=1S/C21H25N3O4/c1-5-11(2)22-10-15-9-14-8-13(6-7-16(14)24(15)4)18-12(3)19(25)17(21(27)28)20(26)23-18/h6-9,11,22H,5,10H2,1-4H3,(H,27,28)(H2,23,25,26). The number of nitrogens with one attached hydrogen (secondary N) is 2. The molecule has 28 heavy (non-hydrogen) atoms. The number of aromatic hydroxyl groups is 1. The smallest absolute Gasteiger partial charge is 0.345 e. The predicted molar refractivity (Wildman–Crippen MR) is 109 cm³/mol. The van der Waals surface area contributed by atoms with E-state index in [2.05, 4.69) is 34.8 Å². The maximum absolute atomic E-state index is 12.1. The quantitative estimate of drug-likeness (QED) is 0.523. The first-order valence-electron chi connectivity index (χ1n) is 9.25. The first kappa shape index (κ1) is 19.7. The highest BCUT2D eigenvalue weighted by molar-refractivity contribution is 5.92. The Morgan fingerprint density at radius 2 is 2.04 bits per heavy atom. The Balaban J connectivity index is 2.06. The van der Waals surface area contributed by atoms with Gasteiger partial charge in [-0.05, 0) is 44.0 Å². The van der Waals surface area contributed by atoms with Crippen molar-refractivity contribution in [3.8, 4) is 17.0 Å². The molecule has 0 saturated carbocycles. The van der Waals surface area contributed by atoms with Crippen molar-refractivity contribution in [2.45, 2.75) is 39.8 Å². The van der Waals surface area contributed by atoms with E-state index in [1.165, 1.54) is 0 Å². The van der Waals surface area contributed by atoms with Crippen LogP contribution in [0, 0.1) is 6.92 Å². The van der Waals surface area contributed by atoms with E-state index >= 15 is 0 Å². The summed E-state index contributed by atoms with van der Waals surface area (Å²) in [5.74, 6) is -1.96. The van der Waals surface area contributed by atoms with Gasteiger partial charge in [0.25, 0.3) is 5.56 Å². The Morgan fingerprint density at radius 1 is 1.32 bits per heavy atom. The average molecular weight is 383 g/mol. The van der Waals surface area contributed by atoms with E-state index < -0.39 is 22.8 Å².